The number of halogens is 3. The minimum absolute atomic E-state index is 0.320. The number of benzene rings is 2. The van der Waals surface area contributed by atoms with Gasteiger partial charge >= 0.3 is 0 Å². The summed E-state index contributed by atoms with van der Waals surface area (Å²) in [7, 11) is 0. The minimum Gasteiger partial charge on any atom is -0.322 e. The summed E-state index contributed by atoms with van der Waals surface area (Å²) in [6, 6.07) is 6.53. The molecule has 2 aromatic carbocycles. The number of rotatable bonds is 4. The van der Waals surface area contributed by atoms with E-state index in [-0.39, 0.29) is 5.69 Å². The van der Waals surface area contributed by atoms with Gasteiger partial charge in [0, 0.05) is 11.1 Å². The summed E-state index contributed by atoms with van der Waals surface area (Å²) >= 11 is 5.83. The van der Waals surface area contributed by atoms with Crippen LogP contribution in [-0.4, -0.2) is 41.4 Å². The van der Waals surface area contributed by atoms with Gasteiger partial charge in [-0.2, -0.15) is 5.11 Å². The second-order valence-electron chi connectivity index (χ2n) is 6.35. The lowest BCUT2D eigenvalue weighted by Crippen LogP contribution is -2.43. The topological polar surface area (TPSA) is 94.4 Å². The molecule has 148 valence electrons. The normalized spacial score (nSPS) is 20.4. The summed E-state index contributed by atoms with van der Waals surface area (Å²) in [6.07, 6.45) is 0. The lowest BCUT2D eigenvalue weighted by molar-refractivity contribution is -0.123. The van der Waals surface area contributed by atoms with Crippen LogP contribution >= 0.6 is 11.6 Å². The van der Waals surface area contributed by atoms with Crippen LogP contribution in [0.1, 0.15) is 0 Å². The van der Waals surface area contributed by atoms with Crippen molar-refractivity contribution >= 4 is 40.7 Å². The zero-order chi connectivity index (χ0) is 20.7. The van der Waals surface area contributed by atoms with E-state index >= 15 is 0 Å². The Balaban J connectivity index is 1.49. The molecule has 4 rings (SSSR count). The van der Waals surface area contributed by atoms with Crippen molar-refractivity contribution in [3.8, 4) is 0 Å². The number of amides is 3. The number of anilines is 2. The number of carbonyl (C=O) groups is 3. The molecule has 2 aliphatic rings. The van der Waals surface area contributed by atoms with Crippen molar-refractivity contribution in [1.29, 1.82) is 0 Å². The smallest absolute Gasteiger partial charge is 0.263 e. The number of nitrogens with zero attached hydrogens (tertiary/aromatic N) is 4. The monoisotopic (exact) mass is 419 g/mol. The standard InChI is InChI=1S/C18H12ClF2N5O3/c19-9-1-4-11(5-2-9)26-17(28)15-16(18(26)29)25(24-23-15)8-14(27)22-13-7-10(20)3-6-12(13)21/h1-7,15-16H,8H2,(H,22,27). The molecule has 3 amide bonds. The SMILES string of the molecule is O=C(CN1N=NC2C(=O)N(c3ccc(Cl)cc3)C(=O)C21)Nc1cc(F)ccc1F. The van der Waals surface area contributed by atoms with E-state index < -0.39 is 48.0 Å². The third-order valence-electron chi connectivity index (χ3n) is 4.45. The molecule has 0 spiro atoms. The maximum atomic E-state index is 13.7. The van der Waals surface area contributed by atoms with Crippen molar-refractivity contribution in [3.63, 3.8) is 0 Å². The average molecular weight is 420 g/mol. The first-order valence-electron chi connectivity index (χ1n) is 8.41. The maximum absolute atomic E-state index is 13.7. The summed E-state index contributed by atoms with van der Waals surface area (Å²) in [4.78, 5) is 38.6. The van der Waals surface area contributed by atoms with Crippen LogP contribution in [0.25, 0.3) is 0 Å². The molecule has 0 bridgehead atoms. The Morgan fingerprint density at radius 1 is 1.10 bits per heavy atom. The maximum Gasteiger partial charge on any atom is 0.263 e. The molecular formula is C18H12ClF2N5O3. The third-order valence-corrected chi connectivity index (χ3v) is 4.70. The molecule has 2 aromatic rings. The first-order chi connectivity index (χ1) is 13.8. The van der Waals surface area contributed by atoms with E-state index in [4.69, 9.17) is 11.6 Å². The highest BCUT2D eigenvalue weighted by Gasteiger charge is 2.55. The van der Waals surface area contributed by atoms with E-state index in [2.05, 4.69) is 15.7 Å². The van der Waals surface area contributed by atoms with E-state index in [0.717, 1.165) is 28.1 Å². The largest absolute Gasteiger partial charge is 0.322 e. The van der Waals surface area contributed by atoms with E-state index in [1.54, 1.807) is 0 Å². The molecule has 8 nitrogen and oxygen atoms in total. The second kappa shape index (κ2) is 7.21. The van der Waals surface area contributed by atoms with Gasteiger partial charge in [-0.15, -0.1) is 0 Å². The molecule has 1 N–H and O–H groups in total. The molecule has 1 saturated heterocycles. The van der Waals surface area contributed by atoms with E-state index in [9.17, 15) is 23.2 Å². The number of nitrogens with one attached hydrogen (secondary N) is 1. The van der Waals surface area contributed by atoms with Crippen molar-refractivity contribution in [3.05, 3.63) is 59.1 Å². The average Bonchev–Trinajstić information content (AvgIpc) is 3.19. The summed E-state index contributed by atoms with van der Waals surface area (Å²) in [5.41, 5.74) is -0.0282. The van der Waals surface area contributed by atoms with Crippen molar-refractivity contribution in [1.82, 2.24) is 5.01 Å². The van der Waals surface area contributed by atoms with Crippen LogP contribution < -0.4 is 10.2 Å². The molecule has 2 aliphatic heterocycles. The lowest BCUT2D eigenvalue weighted by atomic mass is 10.1. The quantitative estimate of drug-likeness (QED) is 0.770. The summed E-state index contributed by atoms with van der Waals surface area (Å²) in [5, 5.41) is 11.2. The molecule has 11 heteroatoms. The first-order valence-corrected chi connectivity index (χ1v) is 8.78. The summed E-state index contributed by atoms with van der Waals surface area (Å²) in [6.45, 7) is -0.478. The van der Waals surface area contributed by atoms with Crippen LogP contribution in [0.3, 0.4) is 0 Å². The molecule has 2 atom stereocenters. The Labute approximate surface area is 167 Å². The molecule has 29 heavy (non-hydrogen) atoms. The van der Waals surface area contributed by atoms with E-state index in [1.807, 2.05) is 0 Å². The molecule has 0 aromatic heterocycles. The fourth-order valence-electron chi connectivity index (χ4n) is 3.13. The van der Waals surface area contributed by atoms with Crippen LogP contribution in [0.4, 0.5) is 20.2 Å². The van der Waals surface area contributed by atoms with Gasteiger partial charge in [0.25, 0.3) is 11.8 Å². The first kappa shape index (κ1) is 18.9. The van der Waals surface area contributed by atoms with E-state index in [1.165, 1.54) is 24.3 Å². The van der Waals surface area contributed by atoms with Gasteiger partial charge < -0.3 is 5.32 Å². The number of carbonyl (C=O) groups excluding carboxylic acids is 3. The summed E-state index contributed by atoms with van der Waals surface area (Å²) in [5.74, 6) is -3.47. The van der Waals surface area contributed by atoms with Crippen molar-refractivity contribution < 1.29 is 23.2 Å². The molecule has 0 aliphatic carbocycles. The van der Waals surface area contributed by atoms with Gasteiger partial charge in [0.15, 0.2) is 12.1 Å². The molecule has 2 unspecified atom stereocenters. The zero-order valence-corrected chi connectivity index (χ0v) is 15.3. The van der Waals surface area contributed by atoms with Gasteiger partial charge in [0.2, 0.25) is 5.91 Å². The fraction of sp³-hybridized carbons (Fsp3) is 0.167. The van der Waals surface area contributed by atoms with Gasteiger partial charge in [-0.25, -0.2) is 13.7 Å². The highest BCUT2D eigenvalue weighted by molar-refractivity contribution is 6.31. The van der Waals surface area contributed by atoms with Gasteiger partial charge in [0.05, 0.1) is 11.4 Å². The van der Waals surface area contributed by atoms with Crippen LogP contribution in [-0.2, 0) is 14.4 Å². The Morgan fingerprint density at radius 3 is 2.55 bits per heavy atom. The molecule has 2 heterocycles. The summed E-state index contributed by atoms with van der Waals surface area (Å²) < 4.78 is 26.9. The Kier molecular flexibility index (Phi) is 4.71. The van der Waals surface area contributed by atoms with Crippen LogP contribution in [0, 0.1) is 11.6 Å². The Bertz CT molecular complexity index is 1050. The predicted molar refractivity (Wildman–Crippen MR) is 98.1 cm³/mol. The van der Waals surface area contributed by atoms with Gasteiger partial charge in [-0.3, -0.25) is 19.4 Å². The van der Waals surface area contributed by atoms with Gasteiger partial charge in [-0.05, 0) is 36.4 Å². The van der Waals surface area contributed by atoms with Crippen molar-refractivity contribution in [2.75, 3.05) is 16.8 Å². The predicted octanol–water partition coefficient (Wildman–Crippen LogP) is 2.55. The Morgan fingerprint density at radius 2 is 1.83 bits per heavy atom. The van der Waals surface area contributed by atoms with Crippen LogP contribution in [0.2, 0.25) is 5.02 Å². The lowest BCUT2D eigenvalue weighted by Gasteiger charge is -2.20. The minimum atomic E-state index is -1.10. The molecule has 0 radical (unpaired) electrons. The van der Waals surface area contributed by atoms with E-state index in [0.29, 0.717) is 10.7 Å². The number of hydrogen-bond donors (Lipinski definition) is 1. The number of imide groups is 1. The van der Waals surface area contributed by atoms with Crippen LogP contribution in [0.5, 0.6) is 0 Å². The third kappa shape index (κ3) is 3.42. The van der Waals surface area contributed by atoms with Gasteiger partial charge in [-0.1, -0.05) is 16.8 Å². The number of fused-ring (bicyclic) bond motifs is 1. The highest BCUT2D eigenvalue weighted by Crippen LogP contribution is 2.32. The Hall–Kier alpha value is -3.40. The fourth-order valence-corrected chi connectivity index (χ4v) is 3.25. The van der Waals surface area contributed by atoms with Crippen molar-refractivity contribution in [2.45, 2.75) is 12.1 Å². The molecule has 1 fully saturated rings. The van der Waals surface area contributed by atoms with Crippen LogP contribution in [0.15, 0.2) is 52.8 Å². The second-order valence-corrected chi connectivity index (χ2v) is 6.79. The van der Waals surface area contributed by atoms with Crippen molar-refractivity contribution in [2.24, 2.45) is 10.3 Å². The molecular weight excluding hydrogens is 408 g/mol. The van der Waals surface area contributed by atoms with Gasteiger partial charge in [0.1, 0.15) is 18.2 Å². The highest BCUT2D eigenvalue weighted by atomic mass is 35.5. The zero-order valence-electron chi connectivity index (χ0n) is 14.6. The number of hydrogen-bond acceptors (Lipinski definition) is 6. The molecule has 0 saturated carbocycles.